The first-order valence-electron chi connectivity index (χ1n) is 53.0. The summed E-state index contributed by atoms with van der Waals surface area (Å²) >= 11 is 0. The Hall–Kier alpha value is -0.960. The van der Waals surface area contributed by atoms with Crippen molar-refractivity contribution in [1.82, 2.24) is 65.4 Å². The van der Waals surface area contributed by atoms with Crippen LogP contribution in [0.1, 0.15) is 261 Å². The Labute approximate surface area is 803 Å². The van der Waals surface area contributed by atoms with Crippen LogP contribution in [0.4, 0.5) is 0 Å². The van der Waals surface area contributed by atoms with Crippen LogP contribution in [0.15, 0.2) is 0 Å². The van der Waals surface area contributed by atoms with E-state index in [0.717, 1.165) is 290 Å². The summed E-state index contributed by atoms with van der Waals surface area (Å²) in [5, 5.41) is 13.7. The molecule has 0 bridgehead atoms. The highest BCUT2D eigenvalue weighted by Gasteiger charge is 2.22. The molecule has 7 heterocycles. The number of morpholine rings is 3. The first-order valence-corrected chi connectivity index (χ1v) is 53.0. The number of likely N-dealkylation sites (N-methyl/N-ethyl adjacent to an activating group) is 3. The molecule has 24 heteroatoms. The smallest absolute Gasteiger partial charge is 0.0936 e. The molecule has 0 aromatic heterocycles. The van der Waals surface area contributed by atoms with Gasteiger partial charge in [-0.05, 0) is 219 Å². The predicted molar refractivity (Wildman–Crippen MR) is 555 cm³/mol. The van der Waals surface area contributed by atoms with Crippen molar-refractivity contribution in [3.8, 4) is 0 Å². The molecule has 0 radical (unpaired) electrons. The van der Waals surface area contributed by atoms with Gasteiger partial charge in [0.15, 0.2) is 0 Å². The van der Waals surface area contributed by atoms with Crippen molar-refractivity contribution < 1.29 is 52.1 Å². The highest BCUT2D eigenvalue weighted by Crippen LogP contribution is 2.21. The van der Waals surface area contributed by atoms with Crippen LogP contribution < -0.4 is 21.3 Å². The molecule has 7 saturated heterocycles. The molecule has 7 rings (SSSR count). The highest BCUT2D eigenvalue weighted by atomic mass is 16.6. The standard InChI is InChI=1S/C13H27NO.C12H26N2O.C12H25NO.C11H23NO2.C11H23NO.C10H22N2O.C9H20N2O.C9H22N2O.C9H21NO.C9H20O/c1-12(2)4-8-14(3)9-5-13-6-10-15-11-7-13;1-11(2)13-6-7-14(3)10-12-4-8-15-9-5-12;1-11(2)4-7-13(3)10-12-5-8-14-9-6-12;1-10(2)4-5-12(3)8-11-9-13-6-7-14-11;1-11(2)5-3-4-6-12-7-9-13-10-8-12;1-9(2)11-8-10(3)12-4-6-13-7-5-12;1-9(2)10-3-4-11-5-7-12-8-6-11;1-9(2)10-5-6-11(3)7-8-12-4;1-9(2)8-10(3)6-5-7-11-4;1-9(2)7-5-4-6-8-10-3/h12-13H,4-11H2,1-3H3;11-13H,4-10H2,1-3H3;11-12H,4-10H2,1-3H3;10-11H,4-9H2,1-3H3;11H,3-10H2,1-2H3;9-11H,4-8H2,1-3H3;9-10H,3-8H2,1-2H3;9-10H,5-8H2,1-4H3;9H,5-8H2,1-4H3;9H,4-8H2,1-3H3. The van der Waals surface area contributed by atoms with Crippen LogP contribution in [0.25, 0.3) is 0 Å². The number of nitrogens with one attached hydrogen (secondary N) is 4. The first kappa shape index (κ1) is 132. The molecule has 0 spiro atoms. The van der Waals surface area contributed by atoms with E-state index in [1.165, 1.54) is 155 Å². The second kappa shape index (κ2) is 94.6. The van der Waals surface area contributed by atoms with Gasteiger partial charge >= 0.3 is 0 Å². The van der Waals surface area contributed by atoms with Gasteiger partial charge in [0.25, 0.3) is 0 Å². The molecule has 7 fully saturated rings. The van der Waals surface area contributed by atoms with E-state index in [2.05, 4.69) is 253 Å². The number of rotatable bonds is 54. The van der Waals surface area contributed by atoms with Gasteiger partial charge < -0.3 is 103 Å². The predicted octanol–water partition coefficient (Wildman–Crippen LogP) is 16.1. The normalized spacial score (nSPS) is 18.0. The van der Waals surface area contributed by atoms with Crippen molar-refractivity contribution in [3.63, 3.8) is 0 Å². The van der Waals surface area contributed by atoms with Gasteiger partial charge in [0.2, 0.25) is 0 Å². The summed E-state index contributed by atoms with van der Waals surface area (Å²) in [7, 11) is 18.4. The zero-order valence-corrected chi connectivity index (χ0v) is 91.6. The molecule has 4 N–H and O–H groups in total. The monoisotopic (exact) mass is 1850 g/mol. The third-order valence-electron chi connectivity index (χ3n) is 23.9. The van der Waals surface area contributed by atoms with E-state index in [1.807, 2.05) is 0 Å². The second-order valence-electron chi connectivity index (χ2n) is 41.9. The fraction of sp³-hybridized carbons (Fsp3) is 1.00. The lowest BCUT2D eigenvalue weighted by atomic mass is 9.96. The lowest BCUT2D eigenvalue weighted by Gasteiger charge is -2.32. The third-order valence-corrected chi connectivity index (χ3v) is 23.9. The Morgan fingerprint density at radius 3 is 1.11 bits per heavy atom. The SMILES string of the molecule is CC(C)CCCCN1CCOCC1.CC(C)CCN(C)CC1CCOCC1.CC(C)CCN(C)CC1COCCO1.CC(C)CCN(C)CCC1CCOCC1.CC(C)NCC(C)N1CCOCC1.CC(C)NCCN(C)CC1CCOCC1.CC(C)NCCN1CCOCC1.COCCCCCC(C)C.COCCCN(C)CC(C)C.COCCN(C)CCNC(C)C. The lowest BCUT2D eigenvalue weighted by Crippen LogP contribution is -2.47. The summed E-state index contributed by atoms with van der Waals surface area (Å²) in [5.41, 5.74) is 0. The zero-order valence-electron chi connectivity index (χ0n) is 91.6. The van der Waals surface area contributed by atoms with Crippen LogP contribution in [0, 0.1) is 53.3 Å². The number of hydrogen-bond donors (Lipinski definition) is 4. The quantitative estimate of drug-likeness (QED) is 0.0422. The molecular formula is C105H229N13O11. The van der Waals surface area contributed by atoms with E-state index in [1.54, 1.807) is 21.3 Å². The molecule has 0 aromatic carbocycles. The van der Waals surface area contributed by atoms with E-state index >= 15 is 0 Å². The molecule has 2 atom stereocenters. The Morgan fingerprint density at radius 1 is 0.302 bits per heavy atom. The summed E-state index contributed by atoms with van der Waals surface area (Å²) in [4.78, 5) is 21.8. The molecule has 0 aliphatic carbocycles. The maximum atomic E-state index is 5.59. The van der Waals surface area contributed by atoms with E-state index in [-0.39, 0.29) is 6.10 Å². The van der Waals surface area contributed by atoms with Crippen molar-refractivity contribution in [3.05, 3.63) is 0 Å². The Morgan fingerprint density at radius 2 is 0.682 bits per heavy atom. The number of methoxy groups -OCH3 is 3. The average molecular weight is 1850 g/mol. The largest absolute Gasteiger partial charge is 0.385 e. The highest BCUT2D eigenvalue weighted by molar-refractivity contribution is 4.75. The number of nitrogens with zero attached hydrogens (tertiary/aromatic N) is 9. The molecule has 0 saturated carbocycles. The molecule has 780 valence electrons. The summed E-state index contributed by atoms with van der Waals surface area (Å²) in [5.74, 6) is 7.57. The van der Waals surface area contributed by atoms with Gasteiger partial charge in [-0.1, -0.05) is 171 Å². The van der Waals surface area contributed by atoms with Crippen LogP contribution in [-0.4, -0.2) is 420 Å². The molecule has 7 aliphatic rings. The Bertz CT molecular complexity index is 2130. The molecule has 0 aromatic rings. The summed E-state index contributed by atoms with van der Waals surface area (Å²) in [6.07, 6.45) is 23.6. The lowest BCUT2D eigenvalue weighted by molar-refractivity contribution is -0.0958. The molecule has 129 heavy (non-hydrogen) atoms. The average Bonchev–Trinajstić information content (AvgIpc) is 0.888. The van der Waals surface area contributed by atoms with Crippen molar-refractivity contribution in [2.24, 2.45) is 53.3 Å². The molecule has 7 aliphatic heterocycles. The van der Waals surface area contributed by atoms with Gasteiger partial charge in [0.05, 0.1) is 72.2 Å². The van der Waals surface area contributed by atoms with Crippen molar-refractivity contribution in [2.75, 3.05) is 340 Å². The maximum absolute atomic E-state index is 5.59. The topological polar surface area (TPSA) is 179 Å². The molecule has 0 amide bonds. The van der Waals surface area contributed by atoms with Crippen molar-refractivity contribution in [1.29, 1.82) is 0 Å². The first-order chi connectivity index (χ1) is 61.6. The van der Waals surface area contributed by atoms with Gasteiger partial charge in [-0.2, -0.15) is 0 Å². The van der Waals surface area contributed by atoms with E-state index < -0.39 is 0 Å². The summed E-state index contributed by atoms with van der Waals surface area (Å²) in [6.45, 7) is 90.6. The van der Waals surface area contributed by atoms with Crippen molar-refractivity contribution in [2.45, 2.75) is 297 Å². The minimum atomic E-state index is 0.279. The van der Waals surface area contributed by atoms with E-state index in [9.17, 15) is 0 Å². The van der Waals surface area contributed by atoms with Gasteiger partial charge in [-0.3, -0.25) is 14.7 Å². The third kappa shape index (κ3) is 99.9. The number of unbranched alkanes of at least 4 members (excludes halogenated alkanes) is 3. The van der Waals surface area contributed by atoms with Gasteiger partial charge in [-0.25, -0.2) is 0 Å². The Balaban J connectivity index is -0.00000137. The van der Waals surface area contributed by atoms with Crippen LogP contribution in [0.5, 0.6) is 0 Å². The number of ether oxygens (including phenoxy) is 11. The maximum Gasteiger partial charge on any atom is 0.0936 e. The van der Waals surface area contributed by atoms with Gasteiger partial charge in [-0.15, -0.1) is 0 Å². The minimum Gasteiger partial charge on any atom is -0.385 e. The van der Waals surface area contributed by atoms with E-state index in [4.69, 9.17) is 52.1 Å². The second-order valence-corrected chi connectivity index (χ2v) is 41.9. The van der Waals surface area contributed by atoms with Crippen LogP contribution in [0.3, 0.4) is 0 Å². The van der Waals surface area contributed by atoms with Crippen LogP contribution in [0.2, 0.25) is 0 Å². The zero-order chi connectivity index (χ0) is 96.9. The summed E-state index contributed by atoms with van der Waals surface area (Å²) < 4.78 is 57.8. The van der Waals surface area contributed by atoms with Crippen molar-refractivity contribution >= 4 is 0 Å². The summed E-state index contributed by atoms with van der Waals surface area (Å²) in [6, 6.07) is 3.00. The van der Waals surface area contributed by atoms with Gasteiger partial charge in [0.1, 0.15) is 0 Å². The molecular weight excluding hydrogens is 1620 g/mol. The van der Waals surface area contributed by atoms with Crippen LogP contribution >= 0.6 is 0 Å². The molecule has 2 unspecified atom stereocenters. The Kier molecular flexibility index (Phi) is 97.0. The van der Waals surface area contributed by atoms with Gasteiger partial charge in [0, 0.05) is 229 Å². The fourth-order valence-corrected chi connectivity index (χ4v) is 15.2. The minimum absolute atomic E-state index is 0.279. The molecule has 24 nitrogen and oxygen atoms in total. The fourth-order valence-electron chi connectivity index (χ4n) is 15.2. The van der Waals surface area contributed by atoms with E-state index in [0.29, 0.717) is 30.2 Å². The van der Waals surface area contributed by atoms with Crippen LogP contribution in [-0.2, 0) is 52.1 Å². The number of hydrogen-bond acceptors (Lipinski definition) is 24.